The molecular formula is C18H28N2O3. The van der Waals surface area contributed by atoms with Crippen LogP contribution in [0.3, 0.4) is 0 Å². The number of fused-ring (bicyclic) bond motifs is 1. The summed E-state index contributed by atoms with van der Waals surface area (Å²) in [6.45, 7) is 4.68. The van der Waals surface area contributed by atoms with Crippen molar-refractivity contribution in [3.63, 3.8) is 0 Å². The standard InChI is InChI=1S/C18H28N2O3/c1-14(19(3)11-18(2,12-21)13-22)17(23)20-10-6-8-15-7-4-5-9-16(15)20/h4-5,7,9,14,21-22H,6,8,10-13H2,1-3H3. The van der Waals surface area contributed by atoms with Crippen LogP contribution in [0, 0.1) is 5.41 Å². The number of hydrogen-bond acceptors (Lipinski definition) is 4. The minimum atomic E-state index is -0.608. The van der Waals surface area contributed by atoms with Gasteiger partial charge in [-0.1, -0.05) is 25.1 Å². The molecule has 1 atom stereocenters. The van der Waals surface area contributed by atoms with Crippen molar-refractivity contribution < 1.29 is 15.0 Å². The molecule has 1 aliphatic heterocycles. The van der Waals surface area contributed by atoms with E-state index in [0.29, 0.717) is 6.54 Å². The fraction of sp³-hybridized carbons (Fsp3) is 0.611. The first-order valence-corrected chi connectivity index (χ1v) is 8.23. The molecule has 1 unspecified atom stereocenters. The van der Waals surface area contributed by atoms with E-state index in [4.69, 9.17) is 0 Å². The van der Waals surface area contributed by atoms with Gasteiger partial charge in [-0.25, -0.2) is 0 Å². The van der Waals surface area contributed by atoms with Gasteiger partial charge in [-0.2, -0.15) is 0 Å². The molecule has 2 rings (SSSR count). The Hall–Kier alpha value is -1.43. The molecule has 0 aromatic heterocycles. The van der Waals surface area contributed by atoms with E-state index in [0.717, 1.165) is 25.1 Å². The Balaban J connectivity index is 2.11. The Morgan fingerprint density at radius 2 is 2.00 bits per heavy atom. The molecule has 5 nitrogen and oxygen atoms in total. The number of para-hydroxylation sites is 1. The summed E-state index contributed by atoms with van der Waals surface area (Å²) in [6, 6.07) is 7.75. The van der Waals surface area contributed by atoms with Crippen LogP contribution < -0.4 is 4.90 Å². The summed E-state index contributed by atoms with van der Waals surface area (Å²) in [4.78, 5) is 16.7. The minimum Gasteiger partial charge on any atom is -0.396 e. The minimum absolute atomic E-state index is 0.0675. The fourth-order valence-electron chi connectivity index (χ4n) is 3.07. The van der Waals surface area contributed by atoms with Crippen LogP contribution in [0.15, 0.2) is 24.3 Å². The first-order valence-electron chi connectivity index (χ1n) is 8.23. The Morgan fingerprint density at radius 1 is 1.35 bits per heavy atom. The third kappa shape index (κ3) is 3.91. The largest absolute Gasteiger partial charge is 0.396 e. The number of anilines is 1. The molecule has 0 fully saturated rings. The first kappa shape index (κ1) is 17.9. The predicted octanol–water partition coefficient (Wildman–Crippen LogP) is 1.28. The summed E-state index contributed by atoms with van der Waals surface area (Å²) in [7, 11) is 1.86. The Morgan fingerprint density at radius 3 is 2.65 bits per heavy atom. The second-order valence-electron chi connectivity index (χ2n) is 6.94. The molecule has 0 aliphatic carbocycles. The quantitative estimate of drug-likeness (QED) is 0.829. The van der Waals surface area contributed by atoms with Crippen LogP contribution in [-0.4, -0.2) is 60.4 Å². The molecule has 1 aromatic carbocycles. The van der Waals surface area contributed by atoms with Crippen molar-refractivity contribution in [3.05, 3.63) is 29.8 Å². The fourth-order valence-corrected chi connectivity index (χ4v) is 3.07. The summed E-state index contributed by atoms with van der Waals surface area (Å²) >= 11 is 0. The third-order valence-electron chi connectivity index (χ3n) is 4.79. The molecule has 0 saturated heterocycles. The van der Waals surface area contributed by atoms with Crippen LogP contribution in [0.1, 0.15) is 25.8 Å². The zero-order valence-electron chi connectivity index (χ0n) is 14.3. The van der Waals surface area contributed by atoms with Crippen LogP contribution in [0.2, 0.25) is 0 Å². The molecule has 1 amide bonds. The molecule has 5 heteroatoms. The maximum absolute atomic E-state index is 12.9. The van der Waals surface area contributed by atoms with E-state index in [2.05, 4.69) is 6.07 Å². The van der Waals surface area contributed by atoms with E-state index in [1.807, 2.05) is 48.9 Å². The Bertz CT molecular complexity index is 543. The Kier molecular flexibility index (Phi) is 5.79. The van der Waals surface area contributed by atoms with Crippen LogP contribution in [0.4, 0.5) is 5.69 Å². The van der Waals surface area contributed by atoms with Crippen LogP contribution >= 0.6 is 0 Å². The van der Waals surface area contributed by atoms with E-state index in [1.54, 1.807) is 0 Å². The van der Waals surface area contributed by atoms with Gasteiger partial charge in [0, 0.05) is 24.2 Å². The SMILES string of the molecule is CC(C(=O)N1CCCc2ccccc21)N(C)CC(C)(CO)CO. The number of aryl methyl sites for hydroxylation is 1. The highest BCUT2D eigenvalue weighted by Gasteiger charge is 2.32. The smallest absolute Gasteiger partial charge is 0.244 e. The number of aliphatic hydroxyl groups excluding tert-OH is 2. The van der Waals surface area contributed by atoms with Crippen molar-refractivity contribution in [2.24, 2.45) is 5.41 Å². The maximum atomic E-state index is 12.9. The van der Waals surface area contributed by atoms with E-state index in [1.165, 1.54) is 5.56 Å². The molecule has 1 heterocycles. The van der Waals surface area contributed by atoms with Crippen molar-refractivity contribution in [2.45, 2.75) is 32.7 Å². The van der Waals surface area contributed by atoms with Gasteiger partial charge < -0.3 is 15.1 Å². The van der Waals surface area contributed by atoms with Crippen molar-refractivity contribution in [2.75, 3.05) is 38.3 Å². The van der Waals surface area contributed by atoms with Crippen molar-refractivity contribution in [1.82, 2.24) is 4.90 Å². The summed E-state index contributed by atoms with van der Waals surface area (Å²) in [5.41, 5.74) is 1.62. The highest BCUT2D eigenvalue weighted by Crippen LogP contribution is 2.28. The summed E-state index contributed by atoms with van der Waals surface area (Å²) in [5.74, 6) is 0.0675. The lowest BCUT2D eigenvalue weighted by atomic mass is 9.92. The van der Waals surface area contributed by atoms with Gasteiger partial charge >= 0.3 is 0 Å². The third-order valence-corrected chi connectivity index (χ3v) is 4.79. The number of amides is 1. The van der Waals surface area contributed by atoms with Crippen LogP contribution in [0.5, 0.6) is 0 Å². The van der Waals surface area contributed by atoms with E-state index in [-0.39, 0.29) is 25.2 Å². The van der Waals surface area contributed by atoms with Gasteiger partial charge in [0.2, 0.25) is 5.91 Å². The number of nitrogens with zero attached hydrogens (tertiary/aromatic N) is 2. The van der Waals surface area contributed by atoms with E-state index >= 15 is 0 Å². The lowest BCUT2D eigenvalue weighted by Gasteiger charge is -2.37. The zero-order chi connectivity index (χ0) is 17.0. The molecule has 1 aromatic rings. The highest BCUT2D eigenvalue weighted by molar-refractivity contribution is 5.97. The number of rotatable bonds is 6. The highest BCUT2D eigenvalue weighted by atomic mass is 16.3. The molecule has 0 radical (unpaired) electrons. The number of hydrogen-bond donors (Lipinski definition) is 2. The lowest BCUT2D eigenvalue weighted by Crippen LogP contribution is -2.51. The number of carbonyl (C=O) groups excluding carboxylic acids is 1. The molecule has 2 N–H and O–H groups in total. The van der Waals surface area contributed by atoms with E-state index in [9.17, 15) is 15.0 Å². The van der Waals surface area contributed by atoms with Crippen LogP contribution in [0.25, 0.3) is 0 Å². The molecule has 0 saturated carbocycles. The average molecular weight is 320 g/mol. The van der Waals surface area contributed by atoms with Gasteiger partial charge in [-0.05, 0) is 38.4 Å². The Labute approximate surface area is 138 Å². The van der Waals surface area contributed by atoms with Gasteiger partial charge in [-0.15, -0.1) is 0 Å². The average Bonchev–Trinajstić information content (AvgIpc) is 2.59. The number of aliphatic hydroxyl groups is 2. The first-order chi connectivity index (χ1) is 10.9. The number of likely N-dealkylation sites (N-methyl/N-ethyl adjacent to an activating group) is 1. The summed E-state index contributed by atoms with van der Waals surface area (Å²) in [6.07, 6.45) is 1.99. The van der Waals surface area contributed by atoms with Crippen molar-refractivity contribution in [1.29, 1.82) is 0 Å². The molecule has 23 heavy (non-hydrogen) atoms. The lowest BCUT2D eigenvalue weighted by molar-refractivity contribution is -0.123. The van der Waals surface area contributed by atoms with Gasteiger partial charge in [0.05, 0.1) is 19.3 Å². The molecular weight excluding hydrogens is 292 g/mol. The van der Waals surface area contributed by atoms with Gasteiger partial charge in [0.25, 0.3) is 0 Å². The van der Waals surface area contributed by atoms with Gasteiger partial charge in [0.15, 0.2) is 0 Å². The monoisotopic (exact) mass is 320 g/mol. The number of benzene rings is 1. The maximum Gasteiger partial charge on any atom is 0.244 e. The van der Waals surface area contributed by atoms with E-state index < -0.39 is 5.41 Å². The second kappa shape index (κ2) is 7.43. The molecule has 0 bridgehead atoms. The summed E-state index contributed by atoms with van der Waals surface area (Å²) < 4.78 is 0. The molecule has 1 aliphatic rings. The van der Waals surface area contributed by atoms with Crippen molar-refractivity contribution in [3.8, 4) is 0 Å². The summed E-state index contributed by atoms with van der Waals surface area (Å²) in [5, 5.41) is 18.9. The zero-order valence-corrected chi connectivity index (χ0v) is 14.3. The normalized spacial score (nSPS) is 16.3. The topological polar surface area (TPSA) is 64.0 Å². The van der Waals surface area contributed by atoms with Crippen LogP contribution in [-0.2, 0) is 11.2 Å². The molecule has 0 spiro atoms. The number of carbonyl (C=O) groups is 1. The van der Waals surface area contributed by atoms with Crippen molar-refractivity contribution >= 4 is 11.6 Å². The predicted molar refractivity (Wildman–Crippen MR) is 91.5 cm³/mol. The molecule has 128 valence electrons. The second-order valence-corrected chi connectivity index (χ2v) is 6.94. The van der Waals surface area contributed by atoms with Gasteiger partial charge in [-0.3, -0.25) is 9.69 Å². The van der Waals surface area contributed by atoms with Gasteiger partial charge in [0.1, 0.15) is 0 Å².